The number of rotatable bonds is 16. The van der Waals surface area contributed by atoms with E-state index < -0.39 is 28.5 Å². The van der Waals surface area contributed by atoms with Crippen LogP contribution in [-0.2, 0) is 32.6 Å². The molecule has 0 spiro atoms. The molecule has 48 heavy (non-hydrogen) atoms. The SMILES string of the molecule is CCOc1ccccc1N(CC(=O)N(Cc1ccccc1Cl)[C@H](Cc1ccccc1)C(=O)N[C@@H](C)CC)S(=O)(=O)c1ccc(SC)cc1. The molecule has 2 amide bonds. The predicted octanol–water partition coefficient (Wildman–Crippen LogP) is 7.21. The quantitative estimate of drug-likeness (QED) is 0.124. The standard InChI is InChI=1S/C37H42ClN3O5S2/c1-5-27(3)39-37(43)34(24-28-14-8-7-9-15-28)40(25-29-16-10-11-17-32(29)38)36(42)26-41(33-18-12-13-19-35(33)46-6-2)48(44,45)31-22-20-30(47-4)21-23-31/h7-23,27,34H,5-6,24-26H2,1-4H3,(H,39,43)/t27-,34+/m0/s1. The number of nitrogens with one attached hydrogen (secondary N) is 1. The summed E-state index contributed by atoms with van der Waals surface area (Å²) in [4.78, 5) is 31.1. The zero-order valence-electron chi connectivity index (χ0n) is 27.6. The lowest BCUT2D eigenvalue weighted by atomic mass is 10.0. The molecule has 4 aromatic rings. The van der Waals surface area contributed by atoms with Crippen LogP contribution < -0.4 is 14.4 Å². The van der Waals surface area contributed by atoms with Gasteiger partial charge in [0.1, 0.15) is 18.3 Å². The number of thioether (sulfide) groups is 1. The highest BCUT2D eigenvalue weighted by Crippen LogP contribution is 2.33. The number of hydrogen-bond donors (Lipinski definition) is 1. The zero-order valence-corrected chi connectivity index (χ0v) is 30.0. The maximum atomic E-state index is 14.7. The lowest BCUT2D eigenvalue weighted by Gasteiger charge is -2.34. The van der Waals surface area contributed by atoms with Crippen molar-refractivity contribution in [1.29, 1.82) is 0 Å². The fraction of sp³-hybridized carbons (Fsp3) is 0.297. The Labute approximate surface area is 293 Å². The summed E-state index contributed by atoms with van der Waals surface area (Å²) in [6, 6.07) is 28.7. The maximum absolute atomic E-state index is 14.7. The number of para-hydroxylation sites is 2. The van der Waals surface area contributed by atoms with Crippen LogP contribution in [0.1, 0.15) is 38.3 Å². The Hall–Kier alpha value is -3.99. The smallest absolute Gasteiger partial charge is 0.264 e. The van der Waals surface area contributed by atoms with Crippen LogP contribution in [0.4, 0.5) is 5.69 Å². The third-order valence-electron chi connectivity index (χ3n) is 7.93. The van der Waals surface area contributed by atoms with Crippen molar-refractivity contribution in [1.82, 2.24) is 10.2 Å². The lowest BCUT2D eigenvalue weighted by molar-refractivity contribution is -0.140. The maximum Gasteiger partial charge on any atom is 0.264 e. The van der Waals surface area contributed by atoms with Crippen LogP contribution in [0.3, 0.4) is 0 Å². The summed E-state index contributed by atoms with van der Waals surface area (Å²) in [6.07, 6.45) is 2.80. The Morgan fingerprint density at radius 3 is 2.19 bits per heavy atom. The van der Waals surface area contributed by atoms with Crippen molar-refractivity contribution < 1.29 is 22.7 Å². The van der Waals surface area contributed by atoms with Gasteiger partial charge in [0.25, 0.3) is 10.0 Å². The van der Waals surface area contributed by atoms with Crippen molar-refractivity contribution in [3.05, 3.63) is 119 Å². The number of hydrogen-bond acceptors (Lipinski definition) is 6. The normalized spacial score (nSPS) is 12.5. The molecule has 8 nitrogen and oxygen atoms in total. The van der Waals surface area contributed by atoms with E-state index in [-0.39, 0.29) is 42.1 Å². The molecule has 0 aliphatic carbocycles. The minimum absolute atomic E-state index is 0.0205. The molecule has 0 unspecified atom stereocenters. The number of carbonyl (C=O) groups is 2. The van der Waals surface area contributed by atoms with Crippen LogP contribution in [0, 0.1) is 0 Å². The number of ether oxygens (including phenoxy) is 1. The Morgan fingerprint density at radius 1 is 0.896 bits per heavy atom. The van der Waals surface area contributed by atoms with E-state index in [2.05, 4.69) is 5.32 Å². The molecule has 0 aromatic heterocycles. The molecule has 4 rings (SSSR count). The summed E-state index contributed by atoms with van der Waals surface area (Å²) < 4.78 is 35.8. The van der Waals surface area contributed by atoms with Crippen LogP contribution >= 0.6 is 23.4 Å². The van der Waals surface area contributed by atoms with Gasteiger partial charge in [0.15, 0.2) is 0 Å². The summed E-state index contributed by atoms with van der Waals surface area (Å²) in [5.41, 5.74) is 1.68. The van der Waals surface area contributed by atoms with E-state index in [0.717, 1.165) is 14.8 Å². The third-order valence-corrected chi connectivity index (χ3v) is 10.8. The van der Waals surface area contributed by atoms with Gasteiger partial charge in [-0.2, -0.15) is 0 Å². The fourth-order valence-electron chi connectivity index (χ4n) is 5.13. The number of nitrogens with zero attached hydrogens (tertiary/aromatic N) is 2. The molecule has 0 saturated carbocycles. The average Bonchev–Trinajstić information content (AvgIpc) is 3.10. The van der Waals surface area contributed by atoms with Crippen LogP contribution in [0.2, 0.25) is 5.02 Å². The first-order valence-corrected chi connectivity index (χ1v) is 18.9. The van der Waals surface area contributed by atoms with Gasteiger partial charge in [0, 0.05) is 28.9 Å². The fourth-order valence-corrected chi connectivity index (χ4v) is 7.16. The number of halogens is 1. The number of sulfonamides is 1. The Morgan fingerprint density at radius 2 is 1.54 bits per heavy atom. The van der Waals surface area contributed by atoms with Gasteiger partial charge in [-0.3, -0.25) is 13.9 Å². The largest absolute Gasteiger partial charge is 0.492 e. The molecule has 0 bridgehead atoms. The highest BCUT2D eigenvalue weighted by Gasteiger charge is 2.36. The second kappa shape index (κ2) is 17.4. The van der Waals surface area contributed by atoms with Crippen molar-refractivity contribution in [2.75, 3.05) is 23.7 Å². The monoisotopic (exact) mass is 707 g/mol. The summed E-state index contributed by atoms with van der Waals surface area (Å²) in [5, 5.41) is 3.47. The third kappa shape index (κ3) is 9.33. The first-order valence-electron chi connectivity index (χ1n) is 15.8. The Kier molecular flexibility index (Phi) is 13.4. The van der Waals surface area contributed by atoms with Crippen LogP contribution in [0.15, 0.2) is 113 Å². The molecule has 11 heteroatoms. The zero-order chi connectivity index (χ0) is 34.7. The number of anilines is 1. The molecule has 4 aromatic carbocycles. The first-order chi connectivity index (χ1) is 23.1. The van der Waals surface area contributed by atoms with Crippen LogP contribution in [-0.4, -0.2) is 56.6 Å². The van der Waals surface area contributed by atoms with E-state index in [0.29, 0.717) is 22.8 Å². The van der Waals surface area contributed by atoms with E-state index >= 15 is 0 Å². The molecular formula is C37H42ClN3O5S2. The first kappa shape index (κ1) is 36.8. The summed E-state index contributed by atoms with van der Waals surface area (Å²) in [7, 11) is -4.29. The van der Waals surface area contributed by atoms with Gasteiger partial charge in [-0.25, -0.2) is 8.42 Å². The van der Waals surface area contributed by atoms with Gasteiger partial charge in [0.2, 0.25) is 11.8 Å². The second-order valence-corrected chi connectivity index (χ2v) is 14.4. The lowest BCUT2D eigenvalue weighted by Crippen LogP contribution is -2.54. The second-order valence-electron chi connectivity index (χ2n) is 11.2. The molecule has 0 heterocycles. The minimum Gasteiger partial charge on any atom is -0.492 e. The molecular weight excluding hydrogens is 666 g/mol. The van der Waals surface area contributed by atoms with Crippen molar-refractivity contribution in [2.24, 2.45) is 0 Å². The molecule has 0 fully saturated rings. The molecule has 254 valence electrons. The van der Waals surface area contributed by atoms with E-state index in [1.165, 1.54) is 28.8 Å². The highest BCUT2D eigenvalue weighted by molar-refractivity contribution is 7.98. The van der Waals surface area contributed by atoms with Crippen molar-refractivity contribution >= 4 is 50.9 Å². The molecule has 0 aliphatic heterocycles. The average molecular weight is 708 g/mol. The van der Waals surface area contributed by atoms with Crippen molar-refractivity contribution in [3.63, 3.8) is 0 Å². The van der Waals surface area contributed by atoms with Crippen LogP contribution in [0.25, 0.3) is 0 Å². The number of carbonyl (C=O) groups excluding carboxylic acids is 2. The van der Waals surface area contributed by atoms with Crippen molar-refractivity contribution in [2.45, 2.75) is 62.0 Å². The minimum atomic E-state index is -4.29. The molecule has 0 radical (unpaired) electrons. The van der Waals surface area contributed by atoms with Gasteiger partial charge in [-0.05, 0) is 80.1 Å². The van der Waals surface area contributed by atoms with Gasteiger partial charge < -0.3 is 15.0 Å². The number of amides is 2. The molecule has 0 aliphatic rings. The topological polar surface area (TPSA) is 96.0 Å². The summed E-state index contributed by atoms with van der Waals surface area (Å²) in [6.45, 7) is 5.34. The molecule has 1 N–H and O–H groups in total. The van der Waals surface area contributed by atoms with E-state index in [1.807, 2.05) is 56.5 Å². The van der Waals surface area contributed by atoms with Crippen molar-refractivity contribution in [3.8, 4) is 5.75 Å². The van der Waals surface area contributed by atoms with Gasteiger partial charge >= 0.3 is 0 Å². The molecule has 2 atom stereocenters. The van der Waals surface area contributed by atoms with E-state index in [4.69, 9.17) is 16.3 Å². The summed E-state index contributed by atoms with van der Waals surface area (Å²) >= 11 is 8.09. The van der Waals surface area contributed by atoms with Gasteiger partial charge in [-0.1, -0.05) is 79.2 Å². The Balaban J connectivity index is 1.85. The van der Waals surface area contributed by atoms with Gasteiger partial charge in [-0.15, -0.1) is 11.8 Å². The van der Waals surface area contributed by atoms with E-state index in [1.54, 1.807) is 61.5 Å². The Bertz CT molecular complexity index is 1770. The van der Waals surface area contributed by atoms with E-state index in [9.17, 15) is 18.0 Å². The van der Waals surface area contributed by atoms with Crippen LogP contribution in [0.5, 0.6) is 5.75 Å². The highest BCUT2D eigenvalue weighted by atomic mass is 35.5. The molecule has 0 saturated heterocycles. The number of benzene rings is 4. The van der Waals surface area contributed by atoms with Gasteiger partial charge in [0.05, 0.1) is 17.2 Å². The summed E-state index contributed by atoms with van der Waals surface area (Å²) in [5.74, 6) is -0.610. The predicted molar refractivity (Wildman–Crippen MR) is 194 cm³/mol.